The number of likely N-dealkylation sites (N-methyl/N-ethyl adjacent to an activating group) is 1. The first-order valence-electron chi connectivity index (χ1n) is 6.46. The number of nitrogens with zero attached hydrogens (tertiary/aromatic N) is 2. The highest BCUT2D eigenvalue weighted by Crippen LogP contribution is 2.26. The van der Waals surface area contributed by atoms with Crippen LogP contribution in [-0.2, 0) is 6.42 Å². The van der Waals surface area contributed by atoms with Crippen LogP contribution in [0.5, 0.6) is 0 Å². The fourth-order valence-corrected chi connectivity index (χ4v) is 2.44. The Hall–Kier alpha value is -1.14. The molecule has 0 bridgehead atoms. The Balaban J connectivity index is 2.78. The SMILES string of the molecule is Cc1nc(CC(C)C)c(NC(=O)N(C)C(C)CO)s1. The Morgan fingerprint density at radius 2 is 2.11 bits per heavy atom. The standard InChI is InChI=1S/C13H23N3O2S/c1-8(2)6-11-12(19-10(4)14-11)15-13(18)16(5)9(3)7-17/h8-9,17H,6-7H2,1-5H3,(H,15,18). The highest BCUT2D eigenvalue weighted by atomic mass is 32.1. The van der Waals surface area contributed by atoms with Crippen LogP contribution in [-0.4, -0.2) is 40.7 Å². The van der Waals surface area contributed by atoms with Gasteiger partial charge >= 0.3 is 6.03 Å². The maximum absolute atomic E-state index is 12.0. The third-order valence-corrected chi connectivity index (χ3v) is 3.80. The van der Waals surface area contributed by atoms with Crippen molar-refractivity contribution < 1.29 is 9.90 Å². The molecule has 2 amide bonds. The molecule has 0 aliphatic carbocycles. The molecule has 0 radical (unpaired) electrons. The molecule has 1 unspecified atom stereocenters. The number of nitrogens with one attached hydrogen (secondary N) is 1. The van der Waals surface area contributed by atoms with Crippen LogP contribution in [0.3, 0.4) is 0 Å². The molecule has 1 aromatic heterocycles. The van der Waals surface area contributed by atoms with Crippen molar-refractivity contribution >= 4 is 22.4 Å². The van der Waals surface area contributed by atoms with Gasteiger partial charge in [0.05, 0.1) is 23.4 Å². The first kappa shape index (κ1) is 15.9. The van der Waals surface area contributed by atoms with Crippen molar-refractivity contribution in [3.8, 4) is 0 Å². The number of urea groups is 1. The van der Waals surface area contributed by atoms with E-state index in [1.54, 1.807) is 14.0 Å². The minimum absolute atomic E-state index is 0.0511. The van der Waals surface area contributed by atoms with E-state index >= 15 is 0 Å². The van der Waals surface area contributed by atoms with Crippen molar-refractivity contribution in [1.29, 1.82) is 0 Å². The monoisotopic (exact) mass is 285 g/mol. The largest absolute Gasteiger partial charge is 0.394 e. The summed E-state index contributed by atoms with van der Waals surface area (Å²) in [6.07, 6.45) is 0.846. The lowest BCUT2D eigenvalue weighted by Crippen LogP contribution is -2.40. The zero-order valence-corrected chi connectivity index (χ0v) is 13.0. The molecule has 6 heteroatoms. The number of carbonyl (C=O) groups is 1. The topological polar surface area (TPSA) is 65.5 Å². The van der Waals surface area contributed by atoms with E-state index in [1.165, 1.54) is 16.2 Å². The number of amides is 2. The molecule has 1 rings (SSSR count). The molecule has 5 nitrogen and oxygen atoms in total. The van der Waals surface area contributed by atoms with Crippen LogP contribution < -0.4 is 5.32 Å². The van der Waals surface area contributed by atoms with Gasteiger partial charge in [0, 0.05) is 7.05 Å². The van der Waals surface area contributed by atoms with Gasteiger partial charge in [-0.3, -0.25) is 5.32 Å². The smallest absolute Gasteiger partial charge is 0.322 e. The molecule has 0 spiro atoms. The average molecular weight is 285 g/mol. The number of hydrogen-bond donors (Lipinski definition) is 2. The van der Waals surface area contributed by atoms with E-state index < -0.39 is 0 Å². The molecule has 0 aromatic carbocycles. The summed E-state index contributed by atoms with van der Waals surface area (Å²) >= 11 is 1.49. The van der Waals surface area contributed by atoms with E-state index in [0.717, 1.165) is 22.1 Å². The third kappa shape index (κ3) is 4.47. The summed E-state index contributed by atoms with van der Waals surface area (Å²) in [4.78, 5) is 18.0. The number of aromatic nitrogens is 1. The molecule has 1 aromatic rings. The van der Waals surface area contributed by atoms with Gasteiger partial charge in [-0.05, 0) is 26.2 Å². The Morgan fingerprint density at radius 1 is 1.47 bits per heavy atom. The van der Waals surface area contributed by atoms with Gasteiger partial charge in [-0.1, -0.05) is 13.8 Å². The van der Waals surface area contributed by atoms with Crippen molar-refractivity contribution in [3.05, 3.63) is 10.7 Å². The molecule has 0 aliphatic rings. The van der Waals surface area contributed by atoms with Crippen molar-refractivity contribution in [2.24, 2.45) is 5.92 Å². The van der Waals surface area contributed by atoms with Gasteiger partial charge in [0.2, 0.25) is 0 Å². The normalized spacial score (nSPS) is 12.6. The molecule has 0 fully saturated rings. The molecule has 1 atom stereocenters. The number of hydrogen-bond acceptors (Lipinski definition) is 4. The van der Waals surface area contributed by atoms with Crippen LogP contribution in [0.2, 0.25) is 0 Å². The van der Waals surface area contributed by atoms with Gasteiger partial charge in [0.1, 0.15) is 5.00 Å². The van der Waals surface area contributed by atoms with Crippen LogP contribution in [0, 0.1) is 12.8 Å². The predicted molar refractivity (Wildman–Crippen MR) is 78.7 cm³/mol. The van der Waals surface area contributed by atoms with Crippen molar-refractivity contribution in [2.75, 3.05) is 19.0 Å². The van der Waals surface area contributed by atoms with Gasteiger partial charge in [0.25, 0.3) is 0 Å². The van der Waals surface area contributed by atoms with Crippen LogP contribution in [0.1, 0.15) is 31.5 Å². The minimum atomic E-state index is -0.213. The third-order valence-electron chi connectivity index (χ3n) is 2.87. The lowest BCUT2D eigenvalue weighted by Gasteiger charge is -2.23. The van der Waals surface area contributed by atoms with E-state index in [9.17, 15) is 4.79 Å². The van der Waals surface area contributed by atoms with Gasteiger partial charge in [0.15, 0.2) is 0 Å². The zero-order valence-electron chi connectivity index (χ0n) is 12.2. The van der Waals surface area contributed by atoms with Crippen molar-refractivity contribution in [2.45, 2.75) is 40.2 Å². The van der Waals surface area contributed by atoms with Crippen LogP contribution in [0.4, 0.5) is 9.80 Å². The number of rotatable bonds is 5. The average Bonchev–Trinajstić information content (AvgIpc) is 2.66. The number of thiazole rings is 1. The predicted octanol–water partition coefficient (Wildman–Crippen LogP) is 2.49. The fourth-order valence-electron chi connectivity index (χ4n) is 1.60. The molecule has 0 saturated heterocycles. The maximum atomic E-state index is 12.0. The zero-order chi connectivity index (χ0) is 14.6. The Labute approximate surface area is 118 Å². The summed E-state index contributed by atoms with van der Waals surface area (Å²) < 4.78 is 0. The van der Waals surface area contributed by atoms with E-state index in [0.29, 0.717) is 5.92 Å². The Kier molecular flexibility index (Phi) is 5.75. The first-order chi connectivity index (χ1) is 8.85. The lowest BCUT2D eigenvalue weighted by molar-refractivity contribution is 0.166. The number of anilines is 1. The second-order valence-electron chi connectivity index (χ2n) is 5.18. The van der Waals surface area contributed by atoms with Gasteiger partial charge in [-0.2, -0.15) is 0 Å². The van der Waals surface area contributed by atoms with E-state index in [2.05, 4.69) is 24.1 Å². The van der Waals surface area contributed by atoms with E-state index in [1.807, 2.05) is 6.92 Å². The molecule has 108 valence electrons. The number of aliphatic hydroxyl groups excluding tert-OH is 1. The molecule has 0 saturated carbocycles. The summed E-state index contributed by atoms with van der Waals surface area (Å²) in [6, 6.07) is -0.419. The first-order valence-corrected chi connectivity index (χ1v) is 7.27. The Bertz CT molecular complexity index is 432. The van der Waals surface area contributed by atoms with E-state index in [4.69, 9.17) is 5.11 Å². The number of carbonyl (C=O) groups excluding carboxylic acids is 1. The number of aryl methyl sites for hydroxylation is 1. The van der Waals surface area contributed by atoms with Gasteiger partial charge < -0.3 is 10.0 Å². The molecular formula is C13H23N3O2S. The summed E-state index contributed by atoms with van der Waals surface area (Å²) in [5.74, 6) is 0.492. The van der Waals surface area contributed by atoms with Crippen LogP contribution >= 0.6 is 11.3 Å². The summed E-state index contributed by atoms with van der Waals surface area (Å²) in [5.41, 5.74) is 0.941. The number of aliphatic hydroxyl groups is 1. The van der Waals surface area contributed by atoms with Crippen LogP contribution in [0.25, 0.3) is 0 Å². The molecular weight excluding hydrogens is 262 g/mol. The molecule has 1 heterocycles. The summed E-state index contributed by atoms with van der Waals surface area (Å²) in [5, 5.41) is 13.7. The molecule has 0 aliphatic heterocycles. The fraction of sp³-hybridized carbons (Fsp3) is 0.692. The van der Waals surface area contributed by atoms with E-state index in [-0.39, 0.29) is 18.7 Å². The Morgan fingerprint density at radius 3 is 2.63 bits per heavy atom. The summed E-state index contributed by atoms with van der Waals surface area (Å²) in [7, 11) is 1.67. The second-order valence-corrected chi connectivity index (χ2v) is 6.38. The minimum Gasteiger partial charge on any atom is -0.394 e. The quantitative estimate of drug-likeness (QED) is 0.873. The van der Waals surface area contributed by atoms with Crippen LogP contribution in [0.15, 0.2) is 0 Å². The highest BCUT2D eigenvalue weighted by molar-refractivity contribution is 7.16. The molecule has 19 heavy (non-hydrogen) atoms. The lowest BCUT2D eigenvalue weighted by atomic mass is 10.1. The van der Waals surface area contributed by atoms with Crippen molar-refractivity contribution in [3.63, 3.8) is 0 Å². The van der Waals surface area contributed by atoms with Gasteiger partial charge in [-0.25, -0.2) is 9.78 Å². The van der Waals surface area contributed by atoms with Crippen molar-refractivity contribution in [1.82, 2.24) is 9.88 Å². The summed E-state index contributed by atoms with van der Waals surface area (Å²) in [6.45, 7) is 7.93. The van der Waals surface area contributed by atoms with Gasteiger partial charge in [-0.15, -0.1) is 11.3 Å². The second kappa shape index (κ2) is 6.86. The highest BCUT2D eigenvalue weighted by Gasteiger charge is 2.18. The molecule has 2 N–H and O–H groups in total. The maximum Gasteiger partial charge on any atom is 0.322 e.